The van der Waals surface area contributed by atoms with E-state index in [1.165, 1.54) is 13.0 Å². The van der Waals surface area contributed by atoms with Crippen molar-refractivity contribution in [3.63, 3.8) is 0 Å². The minimum Gasteiger partial charge on any atom is -0.460 e. The summed E-state index contributed by atoms with van der Waals surface area (Å²) in [5, 5.41) is 12.0. The molecule has 2 amide bonds. The second kappa shape index (κ2) is 5.78. The number of hydrogen-bond donors (Lipinski definition) is 3. The van der Waals surface area contributed by atoms with Gasteiger partial charge in [0.15, 0.2) is 6.10 Å². The summed E-state index contributed by atoms with van der Waals surface area (Å²) in [7, 11) is 0. The van der Waals surface area contributed by atoms with Gasteiger partial charge >= 0.3 is 17.9 Å². The Morgan fingerprint density at radius 1 is 1.64 bits per heavy atom. The van der Waals surface area contributed by atoms with Crippen molar-refractivity contribution in [1.29, 1.82) is 0 Å². The molecule has 4 N–H and O–H groups in total. The van der Waals surface area contributed by atoms with E-state index in [0.717, 1.165) is 13.1 Å². The van der Waals surface area contributed by atoms with Crippen LogP contribution < -0.4 is 11.1 Å². The second-order valence-corrected chi connectivity index (χ2v) is 5.11. The Labute approximate surface area is 124 Å². The monoisotopic (exact) mass is 321 g/mol. The van der Waals surface area contributed by atoms with Crippen molar-refractivity contribution in [2.24, 2.45) is 5.73 Å². The molecule has 0 saturated carbocycles. The average molecular weight is 321 g/mol. The third-order valence-corrected chi connectivity index (χ3v) is 3.37. The summed E-state index contributed by atoms with van der Waals surface area (Å²) in [4.78, 5) is 23.3. The van der Waals surface area contributed by atoms with Crippen LogP contribution in [0.4, 0.5) is 13.6 Å². The van der Waals surface area contributed by atoms with E-state index in [1.807, 2.05) is 0 Å². The molecule has 0 aliphatic carbocycles. The van der Waals surface area contributed by atoms with Crippen molar-refractivity contribution in [3.05, 3.63) is 12.3 Å². The van der Waals surface area contributed by atoms with Crippen LogP contribution in [0.2, 0.25) is 0 Å². The number of ether oxygens (including phenoxy) is 2. The van der Waals surface area contributed by atoms with E-state index in [2.05, 4.69) is 5.32 Å². The fraction of sp³-hybridized carbons (Fsp3) is 0.667. The van der Waals surface area contributed by atoms with Crippen LogP contribution in [0, 0.1) is 0 Å². The number of aliphatic hydroxyl groups is 1. The van der Waals surface area contributed by atoms with Gasteiger partial charge in [0.05, 0.1) is 6.17 Å². The van der Waals surface area contributed by atoms with Gasteiger partial charge in [0.25, 0.3) is 0 Å². The van der Waals surface area contributed by atoms with Gasteiger partial charge < -0.3 is 25.6 Å². The Morgan fingerprint density at radius 2 is 2.27 bits per heavy atom. The number of carbonyl (C=O) groups is 2. The Morgan fingerprint density at radius 3 is 2.82 bits per heavy atom. The molecule has 22 heavy (non-hydrogen) atoms. The quantitative estimate of drug-likeness (QED) is 0.603. The van der Waals surface area contributed by atoms with Crippen LogP contribution in [-0.4, -0.2) is 58.6 Å². The maximum atomic E-state index is 14.2. The third kappa shape index (κ3) is 2.89. The number of nitrogens with zero attached hydrogens (tertiary/aromatic N) is 1. The molecule has 1 saturated heterocycles. The molecule has 2 rings (SSSR count). The molecule has 2 heterocycles. The number of nitrogens with two attached hydrogens (primary N) is 1. The first-order valence-electron chi connectivity index (χ1n) is 6.56. The molecule has 5 atom stereocenters. The number of amides is 2. The topological polar surface area (TPSA) is 114 Å². The zero-order chi connectivity index (χ0) is 16.7. The lowest BCUT2D eigenvalue weighted by molar-refractivity contribution is -0.158. The van der Waals surface area contributed by atoms with Crippen molar-refractivity contribution >= 4 is 12.0 Å². The van der Waals surface area contributed by atoms with E-state index in [9.17, 15) is 23.5 Å². The number of rotatable bonds is 3. The predicted molar refractivity (Wildman–Crippen MR) is 68.3 cm³/mol. The molecule has 124 valence electrons. The summed E-state index contributed by atoms with van der Waals surface area (Å²) in [6.07, 6.45) is -5.29. The highest BCUT2D eigenvalue weighted by Gasteiger charge is 2.63. The maximum Gasteiger partial charge on any atom is 0.325 e. The van der Waals surface area contributed by atoms with E-state index < -0.39 is 48.6 Å². The Balaban J connectivity index is 2.21. The molecule has 10 heteroatoms. The molecule has 0 bridgehead atoms. The number of alkyl halides is 2. The second-order valence-electron chi connectivity index (χ2n) is 5.11. The van der Waals surface area contributed by atoms with Crippen LogP contribution in [0.3, 0.4) is 0 Å². The van der Waals surface area contributed by atoms with Crippen molar-refractivity contribution in [1.82, 2.24) is 10.2 Å². The number of carbonyl (C=O) groups excluding carboxylic acids is 2. The smallest absolute Gasteiger partial charge is 0.325 e. The van der Waals surface area contributed by atoms with E-state index in [0.29, 0.717) is 4.90 Å². The van der Waals surface area contributed by atoms with Crippen LogP contribution in [-0.2, 0) is 14.3 Å². The highest BCUT2D eigenvalue weighted by molar-refractivity contribution is 5.77. The molecule has 0 radical (unpaired) electrons. The van der Waals surface area contributed by atoms with Crippen LogP contribution in [0.25, 0.3) is 0 Å². The highest BCUT2D eigenvalue weighted by Crippen LogP contribution is 2.40. The summed E-state index contributed by atoms with van der Waals surface area (Å²) in [5.74, 6) is -4.45. The molecule has 0 aromatic heterocycles. The number of nitrogens with one attached hydrogen (secondary N) is 1. The molecule has 2 aliphatic rings. The van der Waals surface area contributed by atoms with Gasteiger partial charge in [0.2, 0.25) is 6.23 Å². The summed E-state index contributed by atoms with van der Waals surface area (Å²) in [6, 6.07) is -0.882. The first kappa shape index (κ1) is 16.6. The number of urea groups is 1. The molecular formula is C12H17F2N3O5. The third-order valence-electron chi connectivity index (χ3n) is 3.37. The molecule has 2 aliphatic heterocycles. The van der Waals surface area contributed by atoms with E-state index in [-0.39, 0.29) is 0 Å². The van der Waals surface area contributed by atoms with Gasteiger partial charge in [-0.1, -0.05) is 0 Å². The first-order valence-corrected chi connectivity index (χ1v) is 6.56. The standard InChI is InChI=1S/C12H17F2N3O5/c1-5(21-6(2)18)8-9(19)12(13,14)10(22-8)17-4-3-7(15)16-11(17)20/h3-5,7-10,19H,15H2,1-2H3,(H,16,20)/t5-,7?,8+,9+,10+/m0/s1. The van der Waals surface area contributed by atoms with Gasteiger partial charge in [-0.2, -0.15) is 8.78 Å². The lowest BCUT2D eigenvalue weighted by Gasteiger charge is -2.32. The predicted octanol–water partition coefficient (Wildman–Crippen LogP) is -0.517. The molecule has 1 fully saturated rings. The van der Waals surface area contributed by atoms with Crippen molar-refractivity contribution < 1.29 is 33.0 Å². The zero-order valence-electron chi connectivity index (χ0n) is 11.9. The van der Waals surface area contributed by atoms with Gasteiger partial charge in [-0.25, -0.2) is 4.79 Å². The fourth-order valence-corrected chi connectivity index (χ4v) is 2.33. The van der Waals surface area contributed by atoms with Gasteiger partial charge in [-0.05, 0) is 13.0 Å². The van der Waals surface area contributed by atoms with E-state index in [4.69, 9.17) is 15.2 Å². The first-order chi connectivity index (χ1) is 10.1. The number of halogens is 2. The number of hydrogen-bond acceptors (Lipinski definition) is 6. The van der Waals surface area contributed by atoms with Crippen molar-refractivity contribution in [2.75, 3.05) is 0 Å². The van der Waals surface area contributed by atoms with Gasteiger partial charge in [0, 0.05) is 13.1 Å². The molecule has 0 spiro atoms. The van der Waals surface area contributed by atoms with Crippen molar-refractivity contribution in [2.45, 2.75) is 50.5 Å². The Hall–Kier alpha value is -1.78. The summed E-state index contributed by atoms with van der Waals surface area (Å²) < 4.78 is 38.3. The molecular weight excluding hydrogens is 304 g/mol. The van der Waals surface area contributed by atoms with E-state index >= 15 is 0 Å². The average Bonchev–Trinajstić information content (AvgIpc) is 2.61. The SMILES string of the molecule is CC(=O)O[C@@H](C)[C@H]1O[C@@H](N2C=CC(N)NC2=O)C(F)(F)[C@@H]1O. The molecule has 1 unspecified atom stereocenters. The molecule has 0 aromatic rings. The van der Waals surface area contributed by atoms with Crippen LogP contribution in [0.5, 0.6) is 0 Å². The highest BCUT2D eigenvalue weighted by atomic mass is 19.3. The fourth-order valence-electron chi connectivity index (χ4n) is 2.33. The summed E-state index contributed by atoms with van der Waals surface area (Å²) in [5.41, 5.74) is 5.43. The number of aliphatic hydroxyl groups excluding tert-OH is 1. The van der Waals surface area contributed by atoms with Gasteiger partial charge in [0.1, 0.15) is 12.2 Å². The van der Waals surface area contributed by atoms with Gasteiger partial charge in [-0.3, -0.25) is 9.69 Å². The maximum absolute atomic E-state index is 14.2. The minimum absolute atomic E-state index is 0.604. The Bertz CT molecular complexity index is 501. The van der Waals surface area contributed by atoms with Gasteiger partial charge in [-0.15, -0.1) is 0 Å². The van der Waals surface area contributed by atoms with E-state index in [1.54, 1.807) is 0 Å². The van der Waals surface area contributed by atoms with Crippen LogP contribution in [0.1, 0.15) is 13.8 Å². The summed E-state index contributed by atoms with van der Waals surface area (Å²) in [6.45, 7) is 2.42. The molecule has 0 aromatic carbocycles. The normalized spacial score (nSPS) is 35.2. The van der Waals surface area contributed by atoms with Crippen LogP contribution >= 0.6 is 0 Å². The summed E-state index contributed by atoms with van der Waals surface area (Å²) >= 11 is 0. The molecule has 8 nitrogen and oxygen atoms in total. The number of esters is 1. The lowest BCUT2D eigenvalue weighted by atomic mass is 10.1. The zero-order valence-corrected chi connectivity index (χ0v) is 11.9. The lowest BCUT2D eigenvalue weighted by Crippen LogP contribution is -2.57. The minimum atomic E-state index is -3.75. The van der Waals surface area contributed by atoms with Crippen molar-refractivity contribution in [3.8, 4) is 0 Å². The largest absolute Gasteiger partial charge is 0.460 e. The Kier molecular flexibility index (Phi) is 4.36. The van der Waals surface area contributed by atoms with Crippen LogP contribution in [0.15, 0.2) is 12.3 Å².